The Bertz CT molecular complexity index is 1210. The molecule has 32 heavy (non-hydrogen) atoms. The number of anilines is 2. The number of rotatable bonds is 8. The maximum atomic E-state index is 14.9. The Labute approximate surface area is 188 Å². The Morgan fingerprint density at radius 2 is 2.00 bits per heavy atom. The molecule has 6 nitrogen and oxygen atoms in total. The van der Waals surface area contributed by atoms with E-state index >= 15 is 0 Å². The predicted octanol–water partition coefficient (Wildman–Crippen LogP) is 4.30. The van der Waals surface area contributed by atoms with Crippen molar-refractivity contribution in [3.63, 3.8) is 0 Å². The maximum Gasteiger partial charge on any atom is 0.266 e. The third kappa shape index (κ3) is 4.74. The highest BCUT2D eigenvalue weighted by molar-refractivity contribution is 7.92. The molecule has 0 bridgehead atoms. The molecule has 4 rings (SSSR count). The lowest BCUT2D eigenvalue weighted by atomic mass is 10.0. The van der Waals surface area contributed by atoms with Gasteiger partial charge >= 0.3 is 0 Å². The summed E-state index contributed by atoms with van der Waals surface area (Å²) in [4.78, 5) is 5.22. The monoisotopic (exact) mass is 482 g/mol. The molecular formula is C21H21F3N4O2S2. The van der Waals surface area contributed by atoms with Crippen LogP contribution in [-0.2, 0) is 23.1 Å². The van der Waals surface area contributed by atoms with Crippen molar-refractivity contribution < 1.29 is 21.6 Å². The minimum absolute atomic E-state index is 0.0678. The fraction of sp³-hybridized carbons (Fsp3) is 0.286. The summed E-state index contributed by atoms with van der Waals surface area (Å²) in [5, 5.41) is 4.49. The van der Waals surface area contributed by atoms with Crippen LogP contribution in [0.5, 0.6) is 0 Å². The second-order valence-corrected chi connectivity index (χ2v) is 9.92. The van der Waals surface area contributed by atoms with E-state index in [-0.39, 0.29) is 17.9 Å². The fourth-order valence-electron chi connectivity index (χ4n) is 3.52. The van der Waals surface area contributed by atoms with E-state index in [1.165, 1.54) is 41.3 Å². The highest BCUT2D eigenvalue weighted by atomic mass is 32.2. The van der Waals surface area contributed by atoms with Crippen molar-refractivity contribution in [1.29, 1.82) is 0 Å². The third-order valence-electron chi connectivity index (χ3n) is 5.29. The molecule has 1 fully saturated rings. The molecule has 0 saturated carbocycles. The molecule has 11 heteroatoms. The predicted molar refractivity (Wildman–Crippen MR) is 118 cm³/mol. The average Bonchev–Trinajstić information content (AvgIpc) is 3.21. The smallest absolute Gasteiger partial charge is 0.266 e. The van der Waals surface area contributed by atoms with Gasteiger partial charge in [0.2, 0.25) is 0 Å². The van der Waals surface area contributed by atoms with Crippen LogP contribution in [0.4, 0.5) is 24.7 Å². The summed E-state index contributed by atoms with van der Waals surface area (Å²) in [5.41, 5.74) is 3.01. The lowest BCUT2D eigenvalue weighted by Crippen LogP contribution is -2.47. The molecule has 0 aliphatic carbocycles. The summed E-state index contributed by atoms with van der Waals surface area (Å²) >= 11 is 1.21. The Morgan fingerprint density at radius 1 is 1.22 bits per heavy atom. The van der Waals surface area contributed by atoms with Crippen molar-refractivity contribution in [3.05, 3.63) is 69.5 Å². The van der Waals surface area contributed by atoms with Crippen LogP contribution in [-0.4, -0.2) is 37.6 Å². The molecule has 2 heterocycles. The van der Waals surface area contributed by atoms with Gasteiger partial charge in [-0.05, 0) is 30.7 Å². The van der Waals surface area contributed by atoms with Crippen molar-refractivity contribution in [2.24, 2.45) is 0 Å². The van der Waals surface area contributed by atoms with Crippen LogP contribution in [0.3, 0.4) is 0 Å². The molecule has 2 N–H and O–H groups in total. The van der Waals surface area contributed by atoms with Crippen LogP contribution in [0.1, 0.15) is 16.7 Å². The van der Waals surface area contributed by atoms with E-state index < -0.39 is 32.7 Å². The van der Waals surface area contributed by atoms with Gasteiger partial charge in [0.1, 0.15) is 22.7 Å². The summed E-state index contributed by atoms with van der Waals surface area (Å²) in [6.07, 6.45) is -0.851. The molecule has 3 aromatic rings. The number of thiazole rings is 1. The van der Waals surface area contributed by atoms with E-state index in [2.05, 4.69) is 15.0 Å². The molecule has 1 saturated heterocycles. The van der Waals surface area contributed by atoms with E-state index in [0.29, 0.717) is 36.4 Å². The first kappa shape index (κ1) is 22.6. The van der Waals surface area contributed by atoms with Crippen molar-refractivity contribution in [1.82, 2.24) is 9.88 Å². The summed E-state index contributed by atoms with van der Waals surface area (Å²) in [6, 6.07) is 7.31. The molecule has 1 aliphatic rings. The number of hydrogen-bond donors (Lipinski definition) is 2. The van der Waals surface area contributed by atoms with Gasteiger partial charge in [-0.15, -0.1) is 11.3 Å². The van der Waals surface area contributed by atoms with E-state index in [0.717, 1.165) is 6.07 Å². The van der Waals surface area contributed by atoms with Gasteiger partial charge in [0.15, 0.2) is 5.82 Å². The number of aromatic nitrogens is 1. The van der Waals surface area contributed by atoms with Crippen LogP contribution in [0.15, 0.2) is 46.1 Å². The number of likely N-dealkylation sites (tertiary alicyclic amines) is 1. The number of nitrogens with one attached hydrogen (secondary N) is 2. The number of benzene rings is 2. The number of sulfonamides is 1. The van der Waals surface area contributed by atoms with Gasteiger partial charge in [0, 0.05) is 48.4 Å². The highest BCUT2D eigenvalue weighted by Gasteiger charge is 2.27. The third-order valence-corrected chi connectivity index (χ3v) is 7.25. The van der Waals surface area contributed by atoms with Gasteiger partial charge in [-0.1, -0.05) is 12.1 Å². The van der Waals surface area contributed by atoms with Crippen LogP contribution >= 0.6 is 11.3 Å². The minimum Gasteiger partial charge on any atom is -0.381 e. The van der Waals surface area contributed by atoms with Crippen LogP contribution < -0.4 is 10.0 Å². The first-order valence-corrected chi connectivity index (χ1v) is 12.2. The van der Waals surface area contributed by atoms with Crippen LogP contribution in [0.25, 0.3) is 0 Å². The lowest BCUT2D eigenvalue weighted by Gasteiger charge is -2.34. The van der Waals surface area contributed by atoms with Gasteiger partial charge in [0.05, 0.1) is 5.51 Å². The highest BCUT2D eigenvalue weighted by Crippen LogP contribution is 2.28. The van der Waals surface area contributed by atoms with Crippen molar-refractivity contribution in [2.75, 3.05) is 23.1 Å². The van der Waals surface area contributed by atoms with Gasteiger partial charge in [0.25, 0.3) is 10.0 Å². The van der Waals surface area contributed by atoms with Gasteiger partial charge < -0.3 is 5.32 Å². The molecule has 170 valence electrons. The molecule has 1 aromatic heterocycles. The summed E-state index contributed by atoms with van der Waals surface area (Å²) in [6.45, 7) is 2.57. The molecule has 0 unspecified atom stereocenters. The van der Waals surface area contributed by atoms with E-state index in [9.17, 15) is 21.6 Å². The number of hydrogen-bond acceptors (Lipinski definition) is 6. The summed E-state index contributed by atoms with van der Waals surface area (Å²) in [5.74, 6) is -1.21. The zero-order valence-corrected chi connectivity index (χ0v) is 18.7. The SMILES string of the molecule is Cc1c(NCc2c(F)cccc2CN2CC(F)C2)ccc(S(=O)(=O)Nc2cscn2)c1F. The summed E-state index contributed by atoms with van der Waals surface area (Å²) < 4.78 is 69.8. The number of nitrogens with zero attached hydrogens (tertiary/aromatic N) is 2. The van der Waals surface area contributed by atoms with Gasteiger partial charge in [-0.2, -0.15) is 0 Å². The molecular weight excluding hydrogens is 461 g/mol. The Hall–Kier alpha value is -2.63. The largest absolute Gasteiger partial charge is 0.381 e. The number of alkyl halides is 1. The Balaban J connectivity index is 1.52. The zero-order valence-electron chi connectivity index (χ0n) is 17.1. The van der Waals surface area contributed by atoms with Gasteiger partial charge in [-0.25, -0.2) is 26.6 Å². The lowest BCUT2D eigenvalue weighted by molar-refractivity contribution is 0.0588. The molecule has 1 aliphatic heterocycles. The number of halogens is 3. The van der Waals surface area contributed by atoms with E-state index in [1.54, 1.807) is 12.1 Å². The second-order valence-electron chi connectivity index (χ2n) is 7.55. The average molecular weight is 483 g/mol. The quantitative estimate of drug-likeness (QED) is 0.501. The summed E-state index contributed by atoms with van der Waals surface area (Å²) in [7, 11) is -4.15. The Kier molecular flexibility index (Phi) is 6.40. The Morgan fingerprint density at radius 3 is 2.69 bits per heavy atom. The topological polar surface area (TPSA) is 74.3 Å². The first-order valence-electron chi connectivity index (χ1n) is 9.81. The zero-order chi connectivity index (χ0) is 22.9. The van der Waals surface area contributed by atoms with Crippen LogP contribution in [0.2, 0.25) is 0 Å². The molecule has 0 atom stereocenters. The maximum absolute atomic E-state index is 14.9. The fourth-order valence-corrected chi connectivity index (χ4v) is 5.22. The van der Waals surface area contributed by atoms with E-state index in [4.69, 9.17) is 0 Å². The van der Waals surface area contributed by atoms with Crippen molar-refractivity contribution >= 4 is 32.9 Å². The first-order chi connectivity index (χ1) is 15.2. The van der Waals surface area contributed by atoms with Gasteiger partial charge in [-0.3, -0.25) is 9.62 Å². The van der Waals surface area contributed by atoms with E-state index in [1.807, 2.05) is 4.90 Å². The molecule has 0 spiro atoms. The molecule has 0 amide bonds. The minimum atomic E-state index is -4.15. The standard InChI is InChI=1S/C21H21F3N4O2S2/c1-13-18(5-6-19(21(13)24)32(29,30)27-20-11-31-12-26-20)25-7-16-14(3-2-4-17(16)23)8-28-9-15(22)10-28/h2-6,11-12,15,25,27H,7-10H2,1H3. The molecule has 2 aromatic carbocycles. The van der Waals surface area contributed by atoms with Crippen molar-refractivity contribution in [3.8, 4) is 0 Å². The van der Waals surface area contributed by atoms with Crippen LogP contribution in [0, 0.1) is 18.6 Å². The second kappa shape index (κ2) is 9.08. The molecule has 0 radical (unpaired) electrons. The normalized spacial score (nSPS) is 14.9. The van der Waals surface area contributed by atoms with Crippen molar-refractivity contribution in [2.45, 2.75) is 31.1 Å².